The lowest BCUT2D eigenvalue weighted by molar-refractivity contribution is 0.171. The molecule has 1 aromatic carbocycles. The first-order chi connectivity index (χ1) is 7.80. The highest BCUT2D eigenvalue weighted by Gasteiger charge is 2.14. The summed E-state index contributed by atoms with van der Waals surface area (Å²) in [6.45, 7) is 11.3. The molecule has 1 rings (SSSR count). The molecule has 0 saturated heterocycles. The Balaban J connectivity index is 2.67. The number of rotatable bonds is 4. The molecule has 0 bridgehead atoms. The van der Waals surface area contributed by atoms with E-state index >= 15 is 0 Å². The zero-order chi connectivity index (χ0) is 13.1. The predicted octanol–water partition coefficient (Wildman–Crippen LogP) is 3.02. The van der Waals surface area contributed by atoms with Crippen molar-refractivity contribution in [3.63, 3.8) is 0 Å². The minimum Gasteiger partial charge on any atom is -0.387 e. The van der Waals surface area contributed by atoms with Gasteiger partial charge in [0, 0.05) is 12.6 Å². The van der Waals surface area contributed by atoms with Gasteiger partial charge in [-0.25, -0.2) is 0 Å². The number of benzene rings is 1. The molecule has 0 radical (unpaired) electrons. The molecule has 2 heteroatoms. The van der Waals surface area contributed by atoms with E-state index in [1.807, 2.05) is 12.1 Å². The molecule has 96 valence electrons. The summed E-state index contributed by atoms with van der Waals surface area (Å²) in [6.07, 6.45) is -0.425. The van der Waals surface area contributed by atoms with Crippen LogP contribution in [0.2, 0.25) is 0 Å². The molecule has 0 aliphatic carbocycles. The molecule has 0 saturated carbocycles. The maximum Gasteiger partial charge on any atom is 0.0914 e. The van der Waals surface area contributed by atoms with Crippen LogP contribution in [-0.2, 0) is 5.41 Å². The Labute approximate surface area is 105 Å². The van der Waals surface area contributed by atoms with Gasteiger partial charge in [-0.2, -0.15) is 0 Å². The molecule has 1 aromatic rings. The average molecular weight is 235 g/mol. The van der Waals surface area contributed by atoms with E-state index in [1.54, 1.807) is 0 Å². The molecule has 1 unspecified atom stereocenters. The number of hydrogen-bond donors (Lipinski definition) is 2. The lowest BCUT2D eigenvalue weighted by Crippen LogP contribution is -2.27. The van der Waals surface area contributed by atoms with Gasteiger partial charge in [-0.15, -0.1) is 0 Å². The number of hydrogen-bond acceptors (Lipinski definition) is 2. The molecule has 17 heavy (non-hydrogen) atoms. The Morgan fingerprint density at radius 1 is 1.12 bits per heavy atom. The van der Waals surface area contributed by atoms with Gasteiger partial charge in [0.2, 0.25) is 0 Å². The number of aliphatic hydroxyl groups is 1. The monoisotopic (exact) mass is 235 g/mol. The summed E-state index contributed by atoms with van der Waals surface area (Å²) in [6, 6.07) is 8.65. The predicted molar refractivity (Wildman–Crippen MR) is 73.2 cm³/mol. The van der Waals surface area contributed by atoms with Gasteiger partial charge in [-0.3, -0.25) is 0 Å². The summed E-state index contributed by atoms with van der Waals surface area (Å²) < 4.78 is 0. The molecule has 1 atom stereocenters. The van der Waals surface area contributed by atoms with Crippen molar-refractivity contribution in [1.29, 1.82) is 0 Å². The van der Waals surface area contributed by atoms with E-state index in [9.17, 15) is 5.11 Å². The van der Waals surface area contributed by atoms with Gasteiger partial charge < -0.3 is 10.4 Å². The highest BCUT2D eigenvalue weighted by Crippen LogP contribution is 2.23. The third kappa shape index (κ3) is 4.49. The lowest BCUT2D eigenvalue weighted by atomic mass is 9.86. The van der Waals surface area contributed by atoms with Crippen molar-refractivity contribution in [1.82, 2.24) is 5.32 Å². The average Bonchev–Trinajstić information content (AvgIpc) is 2.25. The standard InChI is InChI=1S/C15H25NO/c1-11(2)16-10-14(17)12-6-8-13(9-7-12)15(3,4)5/h6-9,11,14,16-17H,10H2,1-5H3. The topological polar surface area (TPSA) is 32.3 Å². The van der Waals surface area contributed by atoms with Crippen molar-refractivity contribution in [2.75, 3.05) is 6.54 Å². The van der Waals surface area contributed by atoms with Crippen LogP contribution in [0.1, 0.15) is 51.8 Å². The van der Waals surface area contributed by atoms with Crippen LogP contribution in [-0.4, -0.2) is 17.7 Å². The van der Waals surface area contributed by atoms with E-state index in [-0.39, 0.29) is 5.41 Å². The molecule has 0 fully saturated rings. The van der Waals surface area contributed by atoms with Crippen molar-refractivity contribution in [3.8, 4) is 0 Å². The quantitative estimate of drug-likeness (QED) is 0.841. The van der Waals surface area contributed by atoms with Gasteiger partial charge in [0.1, 0.15) is 0 Å². The van der Waals surface area contributed by atoms with Crippen LogP contribution < -0.4 is 5.32 Å². The zero-order valence-corrected chi connectivity index (χ0v) is 11.6. The molecule has 0 amide bonds. The van der Waals surface area contributed by atoms with Crippen LogP contribution in [0.5, 0.6) is 0 Å². The zero-order valence-electron chi connectivity index (χ0n) is 11.6. The summed E-state index contributed by atoms with van der Waals surface area (Å²) in [5.74, 6) is 0. The second-order valence-corrected chi connectivity index (χ2v) is 5.95. The molecular weight excluding hydrogens is 210 g/mol. The van der Waals surface area contributed by atoms with Gasteiger partial charge >= 0.3 is 0 Å². The maximum absolute atomic E-state index is 10.0. The normalized spacial score (nSPS) is 14.1. The molecule has 2 nitrogen and oxygen atoms in total. The summed E-state index contributed by atoms with van der Waals surface area (Å²) in [5, 5.41) is 13.2. The first kappa shape index (κ1) is 14.2. The third-order valence-electron chi connectivity index (χ3n) is 2.88. The largest absolute Gasteiger partial charge is 0.387 e. The van der Waals surface area contributed by atoms with E-state index in [0.29, 0.717) is 12.6 Å². The highest BCUT2D eigenvalue weighted by molar-refractivity contribution is 5.28. The van der Waals surface area contributed by atoms with E-state index in [2.05, 4.69) is 52.1 Å². The van der Waals surface area contributed by atoms with Crippen molar-refractivity contribution in [2.45, 2.75) is 52.2 Å². The third-order valence-corrected chi connectivity index (χ3v) is 2.88. The van der Waals surface area contributed by atoms with Crippen LogP contribution in [0.3, 0.4) is 0 Å². The number of aliphatic hydroxyl groups excluding tert-OH is 1. The van der Waals surface area contributed by atoms with Crippen molar-refractivity contribution >= 4 is 0 Å². The van der Waals surface area contributed by atoms with E-state index in [0.717, 1.165) is 5.56 Å². The molecule has 0 spiro atoms. The number of nitrogens with one attached hydrogen (secondary N) is 1. The fourth-order valence-corrected chi connectivity index (χ4v) is 1.67. The van der Waals surface area contributed by atoms with Gasteiger partial charge in [0.15, 0.2) is 0 Å². The van der Waals surface area contributed by atoms with Crippen molar-refractivity contribution in [3.05, 3.63) is 35.4 Å². The van der Waals surface area contributed by atoms with Crippen LogP contribution in [0, 0.1) is 0 Å². The van der Waals surface area contributed by atoms with Gasteiger partial charge in [-0.05, 0) is 16.5 Å². The molecule has 0 aromatic heterocycles. The SMILES string of the molecule is CC(C)NCC(O)c1ccc(C(C)(C)C)cc1. The van der Waals surface area contributed by atoms with Crippen molar-refractivity contribution < 1.29 is 5.11 Å². The Hall–Kier alpha value is -0.860. The summed E-state index contributed by atoms with van der Waals surface area (Å²) in [7, 11) is 0. The second kappa shape index (κ2) is 5.65. The Bertz CT molecular complexity index is 335. The molecule has 0 aliphatic heterocycles. The Morgan fingerprint density at radius 3 is 2.06 bits per heavy atom. The molecule has 0 heterocycles. The minimum absolute atomic E-state index is 0.166. The summed E-state index contributed by atoms with van der Waals surface area (Å²) >= 11 is 0. The summed E-state index contributed by atoms with van der Waals surface area (Å²) in [5.41, 5.74) is 2.44. The van der Waals surface area contributed by atoms with Crippen LogP contribution >= 0.6 is 0 Å². The minimum atomic E-state index is -0.425. The molecule has 2 N–H and O–H groups in total. The van der Waals surface area contributed by atoms with E-state index in [4.69, 9.17) is 0 Å². The molecular formula is C15H25NO. The lowest BCUT2D eigenvalue weighted by Gasteiger charge is -2.20. The maximum atomic E-state index is 10.0. The Kier molecular flexibility index (Phi) is 4.72. The summed E-state index contributed by atoms with van der Waals surface area (Å²) in [4.78, 5) is 0. The first-order valence-electron chi connectivity index (χ1n) is 6.32. The Morgan fingerprint density at radius 2 is 1.65 bits per heavy atom. The fraction of sp³-hybridized carbons (Fsp3) is 0.600. The van der Waals surface area contributed by atoms with Crippen LogP contribution in [0.4, 0.5) is 0 Å². The van der Waals surface area contributed by atoms with Crippen LogP contribution in [0.25, 0.3) is 0 Å². The van der Waals surface area contributed by atoms with E-state index in [1.165, 1.54) is 5.56 Å². The fourth-order valence-electron chi connectivity index (χ4n) is 1.67. The molecule has 0 aliphatic rings. The van der Waals surface area contributed by atoms with Gasteiger partial charge in [0.05, 0.1) is 6.10 Å². The van der Waals surface area contributed by atoms with Crippen molar-refractivity contribution in [2.24, 2.45) is 0 Å². The van der Waals surface area contributed by atoms with Gasteiger partial charge in [0.25, 0.3) is 0 Å². The first-order valence-corrected chi connectivity index (χ1v) is 6.32. The second-order valence-electron chi connectivity index (χ2n) is 5.95. The van der Waals surface area contributed by atoms with Crippen LogP contribution in [0.15, 0.2) is 24.3 Å². The van der Waals surface area contributed by atoms with E-state index < -0.39 is 6.10 Å². The van der Waals surface area contributed by atoms with Gasteiger partial charge in [-0.1, -0.05) is 58.9 Å². The smallest absolute Gasteiger partial charge is 0.0914 e. The highest BCUT2D eigenvalue weighted by atomic mass is 16.3.